The molecule has 1 amide bonds. The lowest BCUT2D eigenvalue weighted by molar-refractivity contribution is -0.128. The Morgan fingerprint density at radius 1 is 1.30 bits per heavy atom. The zero-order valence-electron chi connectivity index (χ0n) is 12.0. The van der Waals surface area contributed by atoms with Gasteiger partial charge >= 0.3 is 0 Å². The van der Waals surface area contributed by atoms with Gasteiger partial charge in [-0.25, -0.2) is 0 Å². The van der Waals surface area contributed by atoms with Crippen LogP contribution in [0.15, 0.2) is 29.8 Å². The molecule has 0 spiro atoms. The molecule has 1 saturated heterocycles. The number of likely N-dealkylation sites (N-methyl/N-ethyl adjacent to an activating group) is 1. The van der Waals surface area contributed by atoms with Gasteiger partial charge in [0.15, 0.2) is 0 Å². The highest BCUT2D eigenvalue weighted by molar-refractivity contribution is 6.01. The predicted molar refractivity (Wildman–Crippen MR) is 78.8 cm³/mol. The van der Waals surface area contributed by atoms with Crippen LogP contribution in [0, 0.1) is 18.3 Å². The highest BCUT2D eigenvalue weighted by Gasteiger charge is 2.21. The molecule has 0 radical (unpaired) electrons. The summed E-state index contributed by atoms with van der Waals surface area (Å²) in [6.07, 6.45) is 1.67. The van der Waals surface area contributed by atoms with Crippen LogP contribution < -0.4 is 0 Å². The van der Waals surface area contributed by atoms with Crippen molar-refractivity contribution < 1.29 is 4.79 Å². The van der Waals surface area contributed by atoms with E-state index in [9.17, 15) is 10.1 Å². The second-order valence-corrected chi connectivity index (χ2v) is 5.18. The molecule has 1 aliphatic heterocycles. The lowest BCUT2D eigenvalue weighted by atomic mass is 10.1. The van der Waals surface area contributed by atoms with Crippen molar-refractivity contribution in [3.8, 4) is 6.07 Å². The summed E-state index contributed by atoms with van der Waals surface area (Å²) in [5.74, 6) is -0.165. The molecule has 1 heterocycles. The molecule has 2 rings (SSSR count). The van der Waals surface area contributed by atoms with Gasteiger partial charge in [-0.15, -0.1) is 0 Å². The maximum absolute atomic E-state index is 12.3. The average Bonchev–Trinajstić information content (AvgIpc) is 2.45. The molecule has 0 atom stereocenters. The number of amides is 1. The van der Waals surface area contributed by atoms with Gasteiger partial charge in [-0.3, -0.25) is 4.79 Å². The molecule has 1 aromatic rings. The number of carbonyl (C=O) groups is 1. The van der Waals surface area contributed by atoms with Gasteiger partial charge in [-0.05, 0) is 25.6 Å². The molecule has 1 fully saturated rings. The molecule has 0 unspecified atom stereocenters. The molecule has 1 aromatic carbocycles. The minimum absolute atomic E-state index is 0.165. The van der Waals surface area contributed by atoms with Crippen LogP contribution in [0.1, 0.15) is 11.1 Å². The van der Waals surface area contributed by atoms with Crippen LogP contribution in [0.3, 0.4) is 0 Å². The van der Waals surface area contributed by atoms with Crippen LogP contribution in [0.5, 0.6) is 0 Å². The van der Waals surface area contributed by atoms with Crippen molar-refractivity contribution in [2.75, 3.05) is 33.2 Å². The Morgan fingerprint density at radius 3 is 2.60 bits per heavy atom. The minimum Gasteiger partial charge on any atom is -0.335 e. The molecule has 0 aliphatic carbocycles. The maximum Gasteiger partial charge on any atom is 0.264 e. The first-order valence-electron chi connectivity index (χ1n) is 6.76. The van der Waals surface area contributed by atoms with Crippen molar-refractivity contribution >= 4 is 12.0 Å². The topological polar surface area (TPSA) is 47.3 Å². The summed E-state index contributed by atoms with van der Waals surface area (Å²) in [5.41, 5.74) is 2.22. The van der Waals surface area contributed by atoms with Gasteiger partial charge < -0.3 is 9.80 Å². The van der Waals surface area contributed by atoms with Crippen LogP contribution in [-0.2, 0) is 4.79 Å². The smallest absolute Gasteiger partial charge is 0.264 e. The van der Waals surface area contributed by atoms with E-state index in [2.05, 4.69) is 4.90 Å². The molecule has 4 nitrogen and oxygen atoms in total. The molecule has 104 valence electrons. The molecule has 4 heteroatoms. The van der Waals surface area contributed by atoms with Crippen molar-refractivity contribution in [2.24, 2.45) is 0 Å². The van der Waals surface area contributed by atoms with E-state index in [1.165, 1.54) is 0 Å². The van der Waals surface area contributed by atoms with Crippen LogP contribution in [-0.4, -0.2) is 48.9 Å². The van der Waals surface area contributed by atoms with E-state index in [0.29, 0.717) is 13.1 Å². The minimum atomic E-state index is -0.165. The van der Waals surface area contributed by atoms with Crippen molar-refractivity contribution in [1.82, 2.24) is 9.80 Å². The van der Waals surface area contributed by atoms with E-state index in [0.717, 1.165) is 24.2 Å². The van der Waals surface area contributed by atoms with E-state index in [1.807, 2.05) is 44.3 Å². The van der Waals surface area contributed by atoms with Gasteiger partial charge in [0.2, 0.25) is 0 Å². The third-order valence-corrected chi connectivity index (χ3v) is 3.49. The second-order valence-electron chi connectivity index (χ2n) is 5.18. The highest BCUT2D eigenvalue weighted by Crippen LogP contribution is 2.12. The molecule has 0 bridgehead atoms. The molecular formula is C16H19N3O. The van der Waals surface area contributed by atoms with Gasteiger partial charge in [0.25, 0.3) is 5.91 Å². The quantitative estimate of drug-likeness (QED) is 0.606. The number of hydrogen-bond acceptors (Lipinski definition) is 3. The standard InChI is InChI=1S/C16H19N3O/c1-13-4-3-5-14(10-13)11-15(12-17)16(20)19-8-6-18(2)7-9-19/h3-5,10-11H,6-9H2,1-2H3/b15-11+. The Kier molecular flexibility index (Phi) is 4.54. The Bertz CT molecular complexity index is 563. The third kappa shape index (κ3) is 3.46. The number of hydrogen-bond donors (Lipinski definition) is 0. The van der Waals surface area contributed by atoms with Gasteiger partial charge in [-0.2, -0.15) is 5.26 Å². The summed E-state index contributed by atoms with van der Waals surface area (Å²) in [7, 11) is 2.04. The number of nitriles is 1. The van der Waals surface area contributed by atoms with E-state index >= 15 is 0 Å². The van der Waals surface area contributed by atoms with Crippen LogP contribution >= 0.6 is 0 Å². The lowest BCUT2D eigenvalue weighted by Gasteiger charge is -2.32. The van der Waals surface area contributed by atoms with E-state index in [4.69, 9.17) is 0 Å². The normalized spacial score (nSPS) is 16.9. The Labute approximate surface area is 119 Å². The van der Waals surface area contributed by atoms with E-state index < -0.39 is 0 Å². The fourth-order valence-electron chi connectivity index (χ4n) is 2.25. The molecule has 0 saturated carbocycles. The number of piperazine rings is 1. The summed E-state index contributed by atoms with van der Waals surface area (Å²) in [5, 5.41) is 9.23. The number of nitrogens with zero attached hydrogens (tertiary/aromatic N) is 3. The summed E-state index contributed by atoms with van der Waals surface area (Å²) < 4.78 is 0. The first kappa shape index (κ1) is 14.3. The highest BCUT2D eigenvalue weighted by atomic mass is 16.2. The van der Waals surface area contributed by atoms with Gasteiger partial charge in [-0.1, -0.05) is 29.8 Å². The summed E-state index contributed by atoms with van der Waals surface area (Å²) in [4.78, 5) is 16.3. The zero-order chi connectivity index (χ0) is 14.5. The zero-order valence-corrected chi connectivity index (χ0v) is 12.0. The number of rotatable bonds is 2. The van der Waals surface area contributed by atoms with E-state index in [-0.39, 0.29) is 11.5 Å². The largest absolute Gasteiger partial charge is 0.335 e. The molecule has 1 aliphatic rings. The summed E-state index contributed by atoms with van der Waals surface area (Å²) >= 11 is 0. The van der Waals surface area contributed by atoms with Gasteiger partial charge in [0, 0.05) is 26.2 Å². The van der Waals surface area contributed by atoms with Crippen molar-refractivity contribution in [3.63, 3.8) is 0 Å². The Balaban J connectivity index is 2.16. The first-order valence-corrected chi connectivity index (χ1v) is 6.76. The van der Waals surface area contributed by atoms with Gasteiger partial charge in [0.05, 0.1) is 0 Å². The van der Waals surface area contributed by atoms with Crippen LogP contribution in [0.25, 0.3) is 6.08 Å². The maximum atomic E-state index is 12.3. The fourth-order valence-corrected chi connectivity index (χ4v) is 2.25. The predicted octanol–water partition coefficient (Wildman–Crippen LogP) is 1.68. The Morgan fingerprint density at radius 2 is 2.00 bits per heavy atom. The van der Waals surface area contributed by atoms with E-state index in [1.54, 1.807) is 11.0 Å². The monoisotopic (exact) mass is 269 g/mol. The number of benzene rings is 1. The second kappa shape index (κ2) is 6.36. The van der Waals surface area contributed by atoms with Crippen LogP contribution in [0.4, 0.5) is 0 Å². The number of aryl methyl sites for hydroxylation is 1. The molecule has 0 aromatic heterocycles. The van der Waals surface area contributed by atoms with Crippen molar-refractivity contribution in [1.29, 1.82) is 5.26 Å². The average molecular weight is 269 g/mol. The Hall–Kier alpha value is -2.12. The SMILES string of the molecule is Cc1cccc(/C=C(\C#N)C(=O)N2CCN(C)CC2)c1. The third-order valence-electron chi connectivity index (χ3n) is 3.49. The fraction of sp³-hybridized carbons (Fsp3) is 0.375. The lowest BCUT2D eigenvalue weighted by Crippen LogP contribution is -2.47. The summed E-state index contributed by atoms with van der Waals surface area (Å²) in [6.45, 7) is 5.07. The molecular weight excluding hydrogens is 250 g/mol. The summed E-state index contributed by atoms with van der Waals surface area (Å²) in [6, 6.07) is 9.82. The van der Waals surface area contributed by atoms with Crippen molar-refractivity contribution in [3.05, 3.63) is 41.0 Å². The van der Waals surface area contributed by atoms with Gasteiger partial charge in [0.1, 0.15) is 11.6 Å². The molecule has 20 heavy (non-hydrogen) atoms. The van der Waals surface area contributed by atoms with Crippen LogP contribution in [0.2, 0.25) is 0 Å². The van der Waals surface area contributed by atoms with Crippen molar-refractivity contribution in [2.45, 2.75) is 6.92 Å². The molecule has 0 N–H and O–H groups in total. The first-order chi connectivity index (χ1) is 9.60. The number of carbonyl (C=O) groups excluding carboxylic acids is 1.